The molecule has 24 nitrogen and oxygen atoms in total. The summed E-state index contributed by atoms with van der Waals surface area (Å²) >= 11 is 1.02. The number of aromatic nitrogens is 4. The Morgan fingerprint density at radius 1 is 1.07 bits per heavy atom. The van der Waals surface area contributed by atoms with E-state index in [-0.39, 0.29) is 98.2 Å². The van der Waals surface area contributed by atoms with Crippen molar-refractivity contribution < 1.29 is 137 Å². The predicted molar refractivity (Wildman–Crippen MR) is 166 cm³/mol. The van der Waals surface area contributed by atoms with Crippen LogP contribution in [0, 0.1) is 5.41 Å². The number of nitrogens with one attached hydrogen (secondary N) is 2. The molecule has 3 unspecified atom stereocenters. The second-order valence-electron chi connectivity index (χ2n) is 11.3. The first-order valence-corrected chi connectivity index (χ1v) is 19.9. The number of thioether (sulfide) groups is 1. The second-order valence-corrected chi connectivity index (χ2v) is 16.7. The van der Waals surface area contributed by atoms with Crippen LogP contribution < -0.4 is 87.6 Å². The number of carbonyl (C=O) groups is 3. The molecule has 288 valence electrons. The summed E-state index contributed by atoms with van der Waals surface area (Å²) in [7, 11) is -17.3. The number of phosphoric acid groups is 3. The normalized spacial score (nSPS) is 22.2. The maximum absolute atomic E-state index is 12.4. The third-order valence-electron chi connectivity index (χ3n) is 6.79. The average Bonchev–Trinajstić information content (AvgIpc) is 3.57. The number of ether oxygens (including phenoxy) is 1. The molecule has 1 saturated heterocycles. The third kappa shape index (κ3) is 16.3. The number of anilines is 1. The van der Waals surface area contributed by atoms with Crippen molar-refractivity contribution in [2.45, 2.75) is 57.8 Å². The number of rotatable bonds is 19. The van der Waals surface area contributed by atoms with Gasteiger partial charge >= 0.3 is 56.6 Å². The molecule has 0 spiro atoms. The number of fused-ring (bicyclic) bond motifs is 1. The Balaban J connectivity index is 0.00000936. The van der Waals surface area contributed by atoms with E-state index in [1.807, 2.05) is 0 Å². The number of nitrogen functional groups attached to an aromatic ring is 1. The summed E-state index contributed by atoms with van der Waals surface area (Å²) in [5, 5.41) is 25.9. The van der Waals surface area contributed by atoms with Gasteiger partial charge in [0.2, 0.25) is 11.8 Å². The van der Waals surface area contributed by atoms with Gasteiger partial charge in [-0.25, -0.2) is 19.3 Å². The number of nitrogens with two attached hydrogens (primary N) is 1. The van der Waals surface area contributed by atoms with E-state index in [1.54, 1.807) is 0 Å². The molecule has 0 radical (unpaired) electrons. The first-order chi connectivity index (χ1) is 23.5. The smallest absolute Gasteiger partial charge is 0.756 e. The molecule has 1 aliphatic rings. The largest absolute Gasteiger partial charge is 1.00 e. The molecule has 0 aliphatic carbocycles. The van der Waals surface area contributed by atoms with Gasteiger partial charge in [0.25, 0.3) is 23.5 Å². The van der Waals surface area contributed by atoms with Gasteiger partial charge in [-0.05, 0) is 0 Å². The second kappa shape index (κ2) is 22.5. The van der Waals surface area contributed by atoms with Gasteiger partial charge in [-0.2, -0.15) is 0 Å². The zero-order valence-corrected chi connectivity index (χ0v) is 33.5. The zero-order valence-electron chi connectivity index (χ0n) is 30.0. The minimum absolute atomic E-state index is 0. The number of aliphatic hydroxyl groups excluding tert-OH is 2. The SMILES string of the molecule is CC(=O)SCCNC(=O)CCNC(=O)[C@H](O)C(C)(C)COP(=O)([O-])OP(=O)([O-])OC[C@H]1O[C@@H](n2cnc3c(N)ncnc32)[C@@H](O)[C@H]1OP(=O)([O-])O.[Li+].[Li+].[Li+]. The van der Waals surface area contributed by atoms with E-state index < -0.39 is 84.6 Å². The van der Waals surface area contributed by atoms with Gasteiger partial charge in [0.05, 0.1) is 19.5 Å². The van der Waals surface area contributed by atoms with Crippen molar-refractivity contribution in [3.8, 4) is 0 Å². The first kappa shape index (κ1) is 53.4. The van der Waals surface area contributed by atoms with E-state index in [0.717, 1.165) is 29.0 Å². The summed E-state index contributed by atoms with van der Waals surface area (Å²) in [5.74, 6) is -1.17. The van der Waals surface area contributed by atoms with E-state index in [2.05, 4.69) is 43.5 Å². The number of phosphoric ester groups is 3. The Morgan fingerprint density at radius 2 is 1.70 bits per heavy atom. The van der Waals surface area contributed by atoms with Crippen LogP contribution in [0.2, 0.25) is 0 Å². The molecule has 0 bridgehead atoms. The van der Waals surface area contributed by atoms with Crippen molar-refractivity contribution in [1.82, 2.24) is 30.2 Å². The molecule has 2 amide bonds. The molecule has 2 aromatic rings. The number of carbonyl (C=O) groups excluding carboxylic acids is 3. The topological polar surface area (TPSA) is 372 Å². The van der Waals surface area contributed by atoms with Crippen LogP contribution in [0.1, 0.15) is 33.4 Å². The van der Waals surface area contributed by atoms with Gasteiger partial charge < -0.3 is 64.5 Å². The molecule has 3 rings (SSSR count). The summed E-state index contributed by atoms with van der Waals surface area (Å²) in [4.78, 5) is 92.4. The van der Waals surface area contributed by atoms with Crippen molar-refractivity contribution in [2.75, 3.05) is 37.8 Å². The van der Waals surface area contributed by atoms with Crippen LogP contribution in [0.15, 0.2) is 12.7 Å². The van der Waals surface area contributed by atoms with Crippen LogP contribution in [0.4, 0.5) is 5.82 Å². The fourth-order valence-electron chi connectivity index (χ4n) is 4.31. The maximum Gasteiger partial charge on any atom is 1.00 e. The van der Waals surface area contributed by atoms with E-state index in [4.69, 9.17) is 10.5 Å². The maximum atomic E-state index is 12.4. The molecule has 1 aliphatic heterocycles. The van der Waals surface area contributed by atoms with E-state index in [1.165, 1.54) is 20.8 Å². The van der Waals surface area contributed by atoms with Crippen molar-refractivity contribution >= 4 is 69.1 Å². The standard InChI is InChI=1S/C23H38N7O17P3S.3Li/c1-12(31)51-7-6-25-14(32)4-5-26-21(35)18(34)23(2,3)9-44-50(41,42)47-49(39,40)43-8-13-17(46-48(36,37)38)16(33)22(45-13)30-11-29-15-19(24)27-10-28-20(15)30;;;/h10-11,13,16-18,22,33-34H,4-9H2,1-3H3,(H,25,32)(H,26,35)(H,39,40)(H,41,42)(H2,24,27,28)(H2,36,37,38);;;/q;3*+1/p-3/t13-,16+,17+,18+,22-;;;/m1.../s1. The summed E-state index contributed by atoms with van der Waals surface area (Å²) in [6.45, 7) is 1.54. The summed E-state index contributed by atoms with van der Waals surface area (Å²) in [6, 6.07) is 0. The number of hydrogen-bond acceptors (Lipinski definition) is 21. The van der Waals surface area contributed by atoms with Gasteiger partial charge in [0, 0.05) is 37.6 Å². The minimum atomic E-state index is -5.89. The van der Waals surface area contributed by atoms with E-state index >= 15 is 0 Å². The molecule has 7 N–H and O–H groups in total. The van der Waals surface area contributed by atoms with E-state index in [0.29, 0.717) is 5.75 Å². The molecular weight excluding hydrogens is 792 g/mol. The number of aliphatic hydroxyl groups is 2. The van der Waals surface area contributed by atoms with Crippen LogP contribution in [0.3, 0.4) is 0 Å². The number of nitrogens with zero attached hydrogens (tertiary/aromatic N) is 4. The molecule has 3 heterocycles. The summed E-state index contributed by atoms with van der Waals surface area (Å²) < 4.78 is 60.5. The molecule has 0 aromatic carbocycles. The molecule has 1 fully saturated rings. The van der Waals surface area contributed by atoms with Gasteiger partial charge in [-0.3, -0.25) is 32.6 Å². The van der Waals surface area contributed by atoms with Gasteiger partial charge in [-0.15, -0.1) is 0 Å². The number of hydrogen-bond donors (Lipinski definition) is 6. The van der Waals surface area contributed by atoms with Crippen molar-refractivity contribution in [3.05, 3.63) is 12.7 Å². The van der Waals surface area contributed by atoms with Gasteiger partial charge in [0.15, 0.2) is 22.8 Å². The Labute approximate surface area is 348 Å². The zero-order chi connectivity index (χ0) is 38.4. The average molecular weight is 827 g/mol. The van der Waals surface area contributed by atoms with Crippen molar-refractivity contribution in [1.29, 1.82) is 0 Å². The molecule has 54 heavy (non-hydrogen) atoms. The summed E-state index contributed by atoms with van der Waals surface area (Å²) in [6.07, 6.45) is -7.35. The van der Waals surface area contributed by atoms with Crippen molar-refractivity contribution in [2.24, 2.45) is 5.41 Å². The Hall–Kier alpha value is -0.648. The number of amides is 2. The van der Waals surface area contributed by atoms with Gasteiger partial charge in [-0.1, -0.05) is 25.6 Å². The van der Waals surface area contributed by atoms with Crippen LogP contribution in [0.5, 0.6) is 0 Å². The van der Waals surface area contributed by atoms with Crippen LogP contribution in [-0.4, -0.2) is 108 Å². The monoisotopic (exact) mass is 827 g/mol. The Kier molecular flexibility index (Phi) is 22.2. The Morgan fingerprint density at radius 3 is 2.31 bits per heavy atom. The van der Waals surface area contributed by atoms with Crippen LogP contribution in [0.25, 0.3) is 11.2 Å². The minimum Gasteiger partial charge on any atom is -0.756 e. The van der Waals surface area contributed by atoms with E-state index in [9.17, 15) is 57.9 Å². The number of imidazole rings is 1. The third-order valence-corrected chi connectivity index (χ3v) is 10.6. The fourth-order valence-corrected chi connectivity index (χ4v) is 7.54. The predicted octanol–water partition coefficient (Wildman–Crippen LogP) is -12.2. The molecule has 2 aromatic heterocycles. The summed E-state index contributed by atoms with van der Waals surface area (Å²) in [5.41, 5.74) is 4.11. The fraction of sp³-hybridized carbons (Fsp3) is 0.652. The quantitative estimate of drug-likeness (QED) is 0.0435. The molecule has 0 saturated carbocycles. The van der Waals surface area contributed by atoms with Crippen LogP contribution >= 0.6 is 35.2 Å². The molecule has 8 atom stereocenters. The first-order valence-electron chi connectivity index (χ1n) is 14.5. The van der Waals surface area contributed by atoms with Gasteiger partial charge in [0.1, 0.15) is 36.3 Å². The molecule has 31 heteroatoms. The van der Waals surface area contributed by atoms with Crippen LogP contribution in [-0.2, 0) is 50.7 Å². The van der Waals surface area contributed by atoms with Crippen molar-refractivity contribution in [3.63, 3.8) is 0 Å². The molecular formula is C23H35Li3N7O17P3S. The Bertz CT molecular complexity index is 1730.